The van der Waals surface area contributed by atoms with Gasteiger partial charge in [0.05, 0.1) is 11.0 Å². The van der Waals surface area contributed by atoms with Crippen LogP contribution in [0.5, 0.6) is 0 Å². The SMILES string of the molecule is O=[N+]([O-])c1c(Nc2nccs2)ncnc1N1CCN(C(c2ccccc2)c2ccccc2)CC1. The summed E-state index contributed by atoms with van der Waals surface area (Å²) in [5, 5.41) is 17.3. The first kappa shape index (κ1) is 21.9. The van der Waals surface area contributed by atoms with E-state index < -0.39 is 4.92 Å². The van der Waals surface area contributed by atoms with Gasteiger partial charge in [0.25, 0.3) is 0 Å². The van der Waals surface area contributed by atoms with Gasteiger partial charge in [-0.3, -0.25) is 15.0 Å². The first-order chi connectivity index (χ1) is 16.7. The molecule has 1 aliphatic rings. The summed E-state index contributed by atoms with van der Waals surface area (Å²) >= 11 is 1.35. The number of hydrogen-bond acceptors (Lipinski definition) is 9. The highest BCUT2D eigenvalue weighted by Crippen LogP contribution is 2.36. The van der Waals surface area contributed by atoms with Gasteiger partial charge in [0, 0.05) is 37.8 Å². The maximum atomic E-state index is 12.0. The van der Waals surface area contributed by atoms with Crippen molar-refractivity contribution in [1.29, 1.82) is 0 Å². The number of aromatic nitrogens is 3. The van der Waals surface area contributed by atoms with Gasteiger partial charge in [0.2, 0.25) is 11.6 Å². The normalized spacial score (nSPS) is 14.3. The Kier molecular flexibility index (Phi) is 6.41. The lowest BCUT2D eigenvalue weighted by molar-refractivity contribution is -0.383. The molecule has 0 aliphatic carbocycles. The number of nitro groups is 1. The maximum Gasteiger partial charge on any atom is 0.353 e. The summed E-state index contributed by atoms with van der Waals surface area (Å²) in [5.74, 6) is 0.480. The maximum absolute atomic E-state index is 12.0. The third-order valence-corrected chi connectivity index (χ3v) is 6.54. The highest BCUT2D eigenvalue weighted by molar-refractivity contribution is 7.13. The first-order valence-electron chi connectivity index (χ1n) is 11.0. The molecule has 2 aromatic heterocycles. The molecule has 4 aromatic rings. The standard InChI is InChI=1S/C24H23N7O2S/c32-31(33)21-22(28-24-25-11-16-34-24)26-17-27-23(21)30-14-12-29(13-15-30)20(18-7-3-1-4-8-18)19-9-5-2-6-10-19/h1-11,16-17,20H,12-15H2,(H,25,26,27,28). The Morgan fingerprint density at radius 1 is 0.912 bits per heavy atom. The zero-order chi connectivity index (χ0) is 23.3. The number of nitrogens with one attached hydrogen (secondary N) is 1. The van der Waals surface area contributed by atoms with E-state index in [1.54, 1.807) is 11.6 Å². The van der Waals surface area contributed by atoms with Crippen LogP contribution in [0, 0.1) is 10.1 Å². The summed E-state index contributed by atoms with van der Waals surface area (Å²) in [4.78, 5) is 28.5. The predicted molar refractivity (Wildman–Crippen MR) is 133 cm³/mol. The molecule has 1 saturated heterocycles. The number of piperazine rings is 1. The van der Waals surface area contributed by atoms with Gasteiger partial charge in [0.15, 0.2) is 5.13 Å². The average Bonchev–Trinajstić information content (AvgIpc) is 3.39. The molecule has 172 valence electrons. The molecule has 0 amide bonds. The zero-order valence-electron chi connectivity index (χ0n) is 18.3. The monoisotopic (exact) mass is 473 g/mol. The smallest absolute Gasteiger partial charge is 0.348 e. The van der Waals surface area contributed by atoms with Gasteiger partial charge in [0.1, 0.15) is 6.33 Å². The van der Waals surface area contributed by atoms with Crippen molar-refractivity contribution in [3.63, 3.8) is 0 Å². The van der Waals surface area contributed by atoms with Crippen LogP contribution in [0.25, 0.3) is 0 Å². The summed E-state index contributed by atoms with van der Waals surface area (Å²) in [6.45, 7) is 2.71. The molecule has 0 saturated carbocycles. The van der Waals surface area contributed by atoms with Crippen LogP contribution in [0.3, 0.4) is 0 Å². The molecule has 2 aromatic carbocycles. The number of anilines is 3. The molecule has 1 fully saturated rings. The quantitative estimate of drug-likeness (QED) is 0.309. The van der Waals surface area contributed by atoms with Gasteiger partial charge in [-0.1, -0.05) is 60.7 Å². The fourth-order valence-electron chi connectivity index (χ4n) is 4.32. The van der Waals surface area contributed by atoms with E-state index in [2.05, 4.69) is 73.7 Å². The fourth-order valence-corrected chi connectivity index (χ4v) is 4.85. The Hall–Kier alpha value is -3.89. The van der Waals surface area contributed by atoms with Gasteiger partial charge in [-0.25, -0.2) is 15.0 Å². The minimum atomic E-state index is -0.422. The Bertz CT molecular complexity index is 1190. The largest absolute Gasteiger partial charge is 0.353 e. The van der Waals surface area contributed by atoms with E-state index in [-0.39, 0.29) is 17.5 Å². The van der Waals surface area contributed by atoms with Crippen molar-refractivity contribution in [3.8, 4) is 0 Å². The van der Waals surface area contributed by atoms with Crippen LogP contribution in [-0.4, -0.2) is 51.0 Å². The summed E-state index contributed by atoms with van der Waals surface area (Å²) in [6.07, 6.45) is 3.00. The summed E-state index contributed by atoms with van der Waals surface area (Å²) in [6, 6.07) is 21.0. The molecule has 34 heavy (non-hydrogen) atoms. The molecule has 0 bridgehead atoms. The van der Waals surface area contributed by atoms with Crippen LogP contribution in [0.15, 0.2) is 78.6 Å². The topological polar surface area (TPSA) is 100 Å². The van der Waals surface area contributed by atoms with E-state index in [9.17, 15) is 10.1 Å². The molecule has 0 atom stereocenters. The molecule has 0 radical (unpaired) electrons. The van der Waals surface area contributed by atoms with Crippen LogP contribution >= 0.6 is 11.3 Å². The van der Waals surface area contributed by atoms with Crippen molar-refractivity contribution in [1.82, 2.24) is 19.9 Å². The Balaban J connectivity index is 1.39. The minimum Gasteiger partial charge on any atom is -0.348 e. The summed E-state index contributed by atoms with van der Waals surface area (Å²) in [7, 11) is 0. The second-order valence-electron chi connectivity index (χ2n) is 7.86. The van der Waals surface area contributed by atoms with Crippen LogP contribution in [0.1, 0.15) is 17.2 Å². The van der Waals surface area contributed by atoms with Gasteiger partial charge in [-0.05, 0) is 11.1 Å². The van der Waals surface area contributed by atoms with Gasteiger partial charge in [-0.15, -0.1) is 11.3 Å². The third kappa shape index (κ3) is 4.59. The van der Waals surface area contributed by atoms with E-state index in [4.69, 9.17) is 0 Å². The number of nitrogens with zero attached hydrogens (tertiary/aromatic N) is 6. The molecule has 10 heteroatoms. The first-order valence-corrected chi connectivity index (χ1v) is 11.8. The van der Waals surface area contributed by atoms with Crippen LogP contribution < -0.4 is 10.2 Å². The van der Waals surface area contributed by atoms with Crippen molar-refractivity contribution in [2.75, 3.05) is 36.4 Å². The Labute approximate surface area is 200 Å². The lowest BCUT2D eigenvalue weighted by Crippen LogP contribution is -2.48. The second kappa shape index (κ2) is 9.94. The Morgan fingerprint density at radius 3 is 2.12 bits per heavy atom. The van der Waals surface area contributed by atoms with E-state index in [0.29, 0.717) is 24.0 Å². The minimum absolute atomic E-state index is 0.118. The van der Waals surface area contributed by atoms with E-state index in [1.165, 1.54) is 28.8 Å². The van der Waals surface area contributed by atoms with Crippen molar-refractivity contribution in [2.24, 2.45) is 0 Å². The van der Waals surface area contributed by atoms with Gasteiger partial charge < -0.3 is 10.2 Å². The number of benzene rings is 2. The number of thiazole rings is 1. The lowest BCUT2D eigenvalue weighted by atomic mass is 9.96. The van der Waals surface area contributed by atoms with E-state index in [1.807, 2.05) is 17.0 Å². The molecule has 1 aliphatic heterocycles. The highest BCUT2D eigenvalue weighted by Gasteiger charge is 2.32. The average molecular weight is 474 g/mol. The zero-order valence-corrected chi connectivity index (χ0v) is 19.1. The van der Waals surface area contributed by atoms with E-state index in [0.717, 1.165) is 13.1 Å². The van der Waals surface area contributed by atoms with E-state index >= 15 is 0 Å². The highest BCUT2D eigenvalue weighted by atomic mass is 32.1. The molecule has 0 unspecified atom stereocenters. The molecular weight excluding hydrogens is 450 g/mol. The van der Waals surface area contributed by atoms with Crippen molar-refractivity contribution >= 4 is 33.8 Å². The fraction of sp³-hybridized carbons (Fsp3) is 0.208. The molecular formula is C24H23N7O2S. The van der Waals surface area contributed by atoms with Crippen molar-refractivity contribution < 1.29 is 4.92 Å². The van der Waals surface area contributed by atoms with Crippen molar-refractivity contribution in [2.45, 2.75) is 6.04 Å². The number of rotatable bonds is 7. The molecule has 3 heterocycles. The van der Waals surface area contributed by atoms with Crippen LogP contribution in [0.2, 0.25) is 0 Å². The summed E-state index contributed by atoms with van der Waals surface area (Å²) in [5.41, 5.74) is 2.32. The second-order valence-corrected chi connectivity index (χ2v) is 8.76. The predicted octanol–water partition coefficient (Wildman–Crippen LogP) is 4.50. The molecule has 0 spiro atoms. The van der Waals surface area contributed by atoms with Gasteiger partial charge in [-0.2, -0.15) is 0 Å². The summed E-state index contributed by atoms with van der Waals surface area (Å²) < 4.78 is 0. The molecule has 1 N–H and O–H groups in total. The van der Waals surface area contributed by atoms with Crippen LogP contribution in [0.4, 0.5) is 22.5 Å². The van der Waals surface area contributed by atoms with Crippen molar-refractivity contribution in [3.05, 3.63) is 99.8 Å². The number of hydrogen-bond donors (Lipinski definition) is 1. The lowest BCUT2D eigenvalue weighted by Gasteiger charge is -2.40. The molecule has 5 rings (SSSR count). The van der Waals surface area contributed by atoms with Gasteiger partial charge >= 0.3 is 5.69 Å². The van der Waals surface area contributed by atoms with Crippen LogP contribution in [-0.2, 0) is 0 Å². The third-order valence-electron chi connectivity index (χ3n) is 5.85. The molecule has 9 nitrogen and oxygen atoms in total. The Morgan fingerprint density at radius 2 is 1.56 bits per heavy atom.